The third kappa shape index (κ3) is 4.21. The maximum Gasteiger partial charge on any atom is 0.224 e. The molecule has 5 nitrogen and oxygen atoms in total. The van der Waals surface area contributed by atoms with E-state index in [0.717, 1.165) is 24.3 Å². The normalized spacial score (nSPS) is 14.7. The minimum atomic E-state index is 0.0388. The molecule has 5 heteroatoms. The number of hydrogen-bond donors (Lipinski definition) is 2. The van der Waals surface area contributed by atoms with Crippen LogP contribution >= 0.6 is 0 Å². The number of benzene rings is 1. The van der Waals surface area contributed by atoms with E-state index < -0.39 is 0 Å². The van der Waals surface area contributed by atoms with Gasteiger partial charge in [-0.3, -0.25) is 4.79 Å². The van der Waals surface area contributed by atoms with Crippen molar-refractivity contribution >= 4 is 11.6 Å². The Balaban J connectivity index is 1.95. The highest BCUT2D eigenvalue weighted by atomic mass is 16.5. The summed E-state index contributed by atoms with van der Waals surface area (Å²) in [6, 6.07) is 5.77. The van der Waals surface area contributed by atoms with Crippen molar-refractivity contribution < 1.29 is 14.3 Å². The van der Waals surface area contributed by atoms with Crippen molar-refractivity contribution in [1.29, 1.82) is 0 Å². The number of anilines is 1. The van der Waals surface area contributed by atoms with Crippen molar-refractivity contribution in [3.63, 3.8) is 0 Å². The van der Waals surface area contributed by atoms with Crippen LogP contribution in [0.1, 0.15) is 12.0 Å². The van der Waals surface area contributed by atoms with Crippen molar-refractivity contribution in [2.75, 3.05) is 38.7 Å². The minimum absolute atomic E-state index is 0.0388. The van der Waals surface area contributed by atoms with Gasteiger partial charge in [0, 0.05) is 13.5 Å². The molecule has 0 saturated carbocycles. The van der Waals surface area contributed by atoms with Gasteiger partial charge in [0.05, 0.1) is 12.3 Å². The van der Waals surface area contributed by atoms with Crippen LogP contribution in [0.2, 0.25) is 0 Å². The number of ether oxygens (including phenoxy) is 2. The Kier molecular flexibility index (Phi) is 5.38. The predicted octanol–water partition coefficient (Wildman–Crippen LogP) is 1.57. The van der Waals surface area contributed by atoms with Crippen molar-refractivity contribution in [2.24, 2.45) is 5.92 Å². The summed E-state index contributed by atoms with van der Waals surface area (Å²) in [6.45, 7) is 4.84. The standard InChI is InChI=1S/C15H22N2O3/c1-11-3-4-13(14(7-11)20-6-5-19-2)17-15(18)8-12-9-16-10-12/h3-4,7,12,16H,5-6,8-10H2,1-2H3,(H,17,18). The van der Waals surface area contributed by atoms with Gasteiger partial charge in [0.25, 0.3) is 0 Å². The monoisotopic (exact) mass is 278 g/mol. The van der Waals surface area contributed by atoms with E-state index in [1.54, 1.807) is 7.11 Å². The zero-order valence-corrected chi connectivity index (χ0v) is 12.1. The largest absolute Gasteiger partial charge is 0.489 e. The van der Waals surface area contributed by atoms with Crippen molar-refractivity contribution in [2.45, 2.75) is 13.3 Å². The van der Waals surface area contributed by atoms with Crippen LogP contribution in [0.3, 0.4) is 0 Å². The van der Waals surface area contributed by atoms with Crippen LogP contribution in [0.15, 0.2) is 18.2 Å². The Bertz CT molecular complexity index is 458. The van der Waals surface area contributed by atoms with Crippen LogP contribution in [0.5, 0.6) is 5.75 Å². The Morgan fingerprint density at radius 3 is 2.85 bits per heavy atom. The van der Waals surface area contributed by atoms with E-state index in [9.17, 15) is 4.79 Å². The van der Waals surface area contributed by atoms with Crippen LogP contribution in [0, 0.1) is 12.8 Å². The lowest BCUT2D eigenvalue weighted by Crippen LogP contribution is -2.43. The van der Waals surface area contributed by atoms with Crippen LogP contribution in [-0.4, -0.2) is 39.3 Å². The summed E-state index contributed by atoms with van der Waals surface area (Å²) >= 11 is 0. The number of amides is 1. The molecule has 0 aliphatic carbocycles. The van der Waals surface area contributed by atoms with Gasteiger partial charge in [-0.05, 0) is 43.6 Å². The van der Waals surface area contributed by atoms with Crippen LogP contribution in [0.4, 0.5) is 5.69 Å². The van der Waals surface area contributed by atoms with Gasteiger partial charge in [-0.2, -0.15) is 0 Å². The third-order valence-corrected chi connectivity index (χ3v) is 3.30. The van der Waals surface area contributed by atoms with E-state index in [0.29, 0.717) is 31.3 Å². The van der Waals surface area contributed by atoms with Gasteiger partial charge < -0.3 is 20.1 Å². The lowest BCUT2D eigenvalue weighted by atomic mass is 9.99. The molecule has 0 unspecified atom stereocenters. The Morgan fingerprint density at radius 1 is 1.40 bits per heavy atom. The summed E-state index contributed by atoms with van der Waals surface area (Å²) < 4.78 is 10.6. The molecule has 110 valence electrons. The molecule has 0 aromatic heterocycles. The molecule has 0 atom stereocenters. The van der Waals surface area contributed by atoms with E-state index in [2.05, 4.69) is 10.6 Å². The topological polar surface area (TPSA) is 59.6 Å². The van der Waals surface area contributed by atoms with Crippen LogP contribution < -0.4 is 15.4 Å². The first-order chi connectivity index (χ1) is 9.69. The highest BCUT2D eigenvalue weighted by molar-refractivity contribution is 5.92. The maximum atomic E-state index is 12.0. The van der Waals surface area contributed by atoms with Gasteiger partial charge in [0.15, 0.2) is 0 Å². The molecule has 1 fully saturated rings. The lowest BCUT2D eigenvalue weighted by Gasteiger charge is -2.26. The molecule has 1 amide bonds. The predicted molar refractivity (Wildman–Crippen MR) is 78.2 cm³/mol. The molecule has 0 radical (unpaired) electrons. The van der Waals surface area contributed by atoms with Crippen molar-refractivity contribution in [3.8, 4) is 5.75 Å². The molecule has 2 N–H and O–H groups in total. The average molecular weight is 278 g/mol. The molecule has 1 aromatic carbocycles. The summed E-state index contributed by atoms with van der Waals surface area (Å²) in [7, 11) is 1.63. The Labute approximate surface area is 119 Å². The first-order valence-electron chi connectivity index (χ1n) is 6.92. The fourth-order valence-electron chi connectivity index (χ4n) is 2.04. The van der Waals surface area contributed by atoms with Gasteiger partial charge in [0.2, 0.25) is 5.91 Å². The second-order valence-electron chi connectivity index (χ2n) is 5.12. The molecule has 20 heavy (non-hydrogen) atoms. The second-order valence-corrected chi connectivity index (χ2v) is 5.12. The molecule has 0 bridgehead atoms. The molecule has 1 aliphatic heterocycles. The van der Waals surface area contributed by atoms with E-state index in [4.69, 9.17) is 9.47 Å². The van der Waals surface area contributed by atoms with Gasteiger partial charge in [-0.25, -0.2) is 0 Å². The number of nitrogens with one attached hydrogen (secondary N) is 2. The fourth-order valence-corrected chi connectivity index (χ4v) is 2.04. The Hall–Kier alpha value is -1.59. The van der Waals surface area contributed by atoms with Gasteiger partial charge in [0.1, 0.15) is 12.4 Å². The average Bonchev–Trinajstić information content (AvgIpc) is 2.37. The molecule has 1 aliphatic rings. The number of rotatable bonds is 7. The summed E-state index contributed by atoms with van der Waals surface area (Å²) in [5, 5.41) is 6.10. The number of carbonyl (C=O) groups is 1. The van der Waals surface area contributed by atoms with Gasteiger partial charge >= 0.3 is 0 Å². The van der Waals surface area contributed by atoms with Crippen molar-refractivity contribution in [1.82, 2.24) is 5.32 Å². The summed E-state index contributed by atoms with van der Waals surface area (Å²) in [6.07, 6.45) is 0.554. The molecule has 1 aromatic rings. The van der Waals surface area contributed by atoms with E-state index in [1.165, 1.54) is 0 Å². The van der Waals surface area contributed by atoms with E-state index in [-0.39, 0.29) is 5.91 Å². The highest BCUT2D eigenvalue weighted by Crippen LogP contribution is 2.26. The van der Waals surface area contributed by atoms with Crippen molar-refractivity contribution in [3.05, 3.63) is 23.8 Å². The fraction of sp³-hybridized carbons (Fsp3) is 0.533. The number of hydrogen-bond acceptors (Lipinski definition) is 4. The van der Waals surface area contributed by atoms with Gasteiger partial charge in [-0.1, -0.05) is 6.07 Å². The molecular formula is C15H22N2O3. The lowest BCUT2D eigenvalue weighted by molar-refractivity contribution is -0.117. The van der Waals surface area contributed by atoms with Crippen LogP contribution in [-0.2, 0) is 9.53 Å². The maximum absolute atomic E-state index is 12.0. The number of carbonyl (C=O) groups excluding carboxylic acids is 1. The first kappa shape index (κ1) is 14.8. The minimum Gasteiger partial charge on any atom is -0.489 e. The SMILES string of the molecule is COCCOc1cc(C)ccc1NC(=O)CC1CNC1. The second kappa shape index (κ2) is 7.26. The summed E-state index contributed by atoms with van der Waals surface area (Å²) in [5.41, 5.74) is 1.82. The molecule has 2 rings (SSSR count). The number of aryl methyl sites for hydroxylation is 1. The first-order valence-corrected chi connectivity index (χ1v) is 6.92. The summed E-state index contributed by atoms with van der Waals surface area (Å²) in [4.78, 5) is 12.0. The van der Waals surface area contributed by atoms with E-state index in [1.807, 2.05) is 25.1 Å². The quantitative estimate of drug-likeness (QED) is 0.743. The molecule has 0 spiro atoms. The third-order valence-electron chi connectivity index (χ3n) is 3.30. The zero-order chi connectivity index (χ0) is 14.4. The molecular weight excluding hydrogens is 256 g/mol. The smallest absolute Gasteiger partial charge is 0.224 e. The van der Waals surface area contributed by atoms with E-state index >= 15 is 0 Å². The molecule has 1 heterocycles. The number of methoxy groups -OCH3 is 1. The van der Waals surface area contributed by atoms with Crippen LogP contribution in [0.25, 0.3) is 0 Å². The molecule has 1 saturated heterocycles. The zero-order valence-electron chi connectivity index (χ0n) is 12.1. The van der Waals surface area contributed by atoms with Gasteiger partial charge in [-0.15, -0.1) is 0 Å². The Morgan fingerprint density at radius 2 is 2.20 bits per heavy atom. The highest BCUT2D eigenvalue weighted by Gasteiger charge is 2.20. The summed E-state index contributed by atoms with van der Waals surface area (Å²) in [5.74, 6) is 1.19.